The van der Waals surface area contributed by atoms with Gasteiger partial charge in [-0.25, -0.2) is 4.39 Å². The van der Waals surface area contributed by atoms with E-state index in [0.717, 1.165) is 31.6 Å². The normalized spacial score (nSPS) is 12.2. The Hall–Kier alpha value is -1.21. The van der Waals surface area contributed by atoms with Crippen LogP contribution in [0.3, 0.4) is 0 Å². The van der Waals surface area contributed by atoms with Gasteiger partial charge in [0.05, 0.1) is 22.1 Å². The van der Waals surface area contributed by atoms with E-state index in [4.69, 9.17) is 4.74 Å². The number of nitrogens with one attached hydrogen (secondary N) is 1. The molecule has 0 spiro atoms. The number of nitro groups is 1. The molecule has 0 fully saturated rings. The third-order valence-corrected chi connectivity index (χ3v) is 3.21. The van der Waals surface area contributed by atoms with Gasteiger partial charge < -0.3 is 10.1 Å². The van der Waals surface area contributed by atoms with Gasteiger partial charge in [-0.3, -0.25) is 10.1 Å². The lowest BCUT2D eigenvalue weighted by Crippen LogP contribution is -2.25. The molecule has 1 atom stereocenters. The Bertz CT molecular complexity index is 471. The van der Waals surface area contributed by atoms with Crippen LogP contribution in [-0.2, 0) is 0 Å². The smallest absolute Gasteiger partial charge is 0.315 e. The molecule has 1 aromatic rings. The first kappa shape index (κ1) is 16.8. The average Bonchev–Trinajstić information content (AvgIpc) is 2.37. The molecule has 7 heteroatoms. The number of hydrogen-bond acceptors (Lipinski definition) is 4. The molecule has 0 saturated carbocycles. The largest absolute Gasteiger partial charge is 0.486 e. The molecule has 0 aromatic heterocycles. The van der Waals surface area contributed by atoms with E-state index in [9.17, 15) is 14.5 Å². The van der Waals surface area contributed by atoms with Crippen molar-refractivity contribution in [1.82, 2.24) is 5.32 Å². The van der Waals surface area contributed by atoms with Gasteiger partial charge in [0.2, 0.25) is 5.75 Å². The summed E-state index contributed by atoms with van der Waals surface area (Å²) < 4.78 is 18.9. The van der Waals surface area contributed by atoms with Gasteiger partial charge >= 0.3 is 5.69 Å². The van der Waals surface area contributed by atoms with Crippen LogP contribution in [-0.4, -0.2) is 24.6 Å². The predicted octanol–water partition coefficient (Wildman–Crippen LogP) is 3.51. The Kier molecular flexibility index (Phi) is 6.87. The van der Waals surface area contributed by atoms with Crippen molar-refractivity contribution in [3.63, 3.8) is 0 Å². The molecule has 0 bridgehead atoms. The molecule has 112 valence electrons. The molecular formula is C13H18BrFN2O3. The molecule has 1 aromatic carbocycles. The lowest BCUT2D eigenvalue weighted by Gasteiger charge is -2.14. The van der Waals surface area contributed by atoms with Crippen molar-refractivity contribution in [3.8, 4) is 5.75 Å². The standard InChI is InChI=1S/C13H18BrFN2O3/c1-3-4-16-7-9(2)8-20-13-11(14)5-10(15)6-12(13)17(18)19/h5-6,9,16H,3-4,7-8H2,1-2H3. The second-order valence-electron chi connectivity index (χ2n) is 4.61. The van der Waals surface area contributed by atoms with E-state index in [2.05, 4.69) is 28.2 Å². The van der Waals surface area contributed by atoms with Crippen molar-refractivity contribution in [3.05, 3.63) is 32.5 Å². The zero-order chi connectivity index (χ0) is 15.1. The first-order valence-electron chi connectivity index (χ1n) is 6.42. The SMILES string of the molecule is CCCNCC(C)COc1c(Br)cc(F)cc1[N+](=O)[O-]. The maximum atomic E-state index is 13.2. The highest BCUT2D eigenvalue weighted by molar-refractivity contribution is 9.10. The molecule has 0 radical (unpaired) electrons. The minimum atomic E-state index is -0.673. The Morgan fingerprint density at radius 1 is 1.55 bits per heavy atom. The lowest BCUT2D eigenvalue weighted by molar-refractivity contribution is -0.386. The summed E-state index contributed by atoms with van der Waals surface area (Å²) in [5, 5.41) is 14.2. The zero-order valence-electron chi connectivity index (χ0n) is 11.5. The van der Waals surface area contributed by atoms with Gasteiger partial charge in [0, 0.05) is 12.5 Å². The van der Waals surface area contributed by atoms with E-state index in [1.165, 1.54) is 0 Å². The van der Waals surface area contributed by atoms with Gasteiger partial charge in [-0.1, -0.05) is 13.8 Å². The first-order valence-corrected chi connectivity index (χ1v) is 7.22. The molecule has 0 aliphatic carbocycles. The van der Waals surface area contributed by atoms with Crippen LogP contribution in [0, 0.1) is 21.8 Å². The molecule has 0 amide bonds. The zero-order valence-corrected chi connectivity index (χ0v) is 13.1. The van der Waals surface area contributed by atoms with Crippen molar-refractivity contribution in [2.24, 2.45) is 5.92 Å². The number of ether oxygens (including phenoxy) is 1. The van der Waals surface area contributed by atoms with Gasteiger partial charge in [0.15, 0.2) is 0 Å². The van der Waals surface area contributed by atoms with Crippen molar-refractivity contribution >= 4 is 21.6 Å². The molecule has 5 nitrogen and oxygen atoms in total. The summed E-state index contributed by atoms with van der Waals surface area (Å²) in [5.41, 5.74) is -0.370. The first-order chi connectivity index (χ1) is 9.45. The van der Waals surface area contributed by atoms with E-state index in [1.807, 2.05) is 6.92 Å². The maximum absolute atomic E-state index is 13.2. The summed E-state index contributed by atoms with van der Waals surface area (Å²) in [7, 11) is 0. The summed E-state index contributed by atoms with van der Waals surface area (Å²) >= 11 is 3.10. The van der Waals surface area contributed by atoms with Crippen LogP contribution in [0.4, 0.5) is 10.1 Å². The molecule has 1 rings (SSSR count). The Balaban J connectivity index is 2.70. The van der Waals surface area contributed by atoms with E-state index < -0.39 is 10.7 Å². The van der Waals surface area contributed by atoms with Crippen LogP contribution in [0.15, 0.2) is 16.6 Å². The topological polar surface area (TPSA) is 64.4 Å². The van der Waals surface area contributed by atoms with E-state index in [0.29, 0.717) is 6.61 Å². The van der Waals surface area contributed by atoms with E-state index >= 15 is 0 Å². The molecule has 1 N–H and O–H groups in total. The summed E-state index contributed by atoms with van der Waals surface area (Å²) in [6.07, 6.45) is 1.04. The van der Waals surface area contributed by atoms with Crippen LogP contribution in [0.2, 0.25) is 0 Å². The van der Waals surface area contributed by atoms with E-state index in [1.54, 1.807) is 0 Å². The number of nitro benzene ring substituents is 1. The predicted molar refractivity (Wildman–Crippen MR) is 78.6 cm³/mol. The number of halogens is 2. The lowest BCUT2D eigenvalue weighted by atomic mass is 10.2. The van der Waals surface area contributed by atoms with E-state index in [-0.39, 0.29) is 21.8 Å². The van der Waals surface area contributed by atoms with Gasteiger partial charge in [0.1, 0.15) is 5.82 Å². The second-order valence-corrected chi connectivity index (χ2v) is 5.47. The third-order valence-electron chi connectivity index (χ3n) is 2.62. The number of benzene rings is 1. The molecule has 1 unspecified atom stereocenters. The summed E-state index contributed by atoms with van der Waals surface area (Å²) in [4.78, 5) is 10.3. The molecule has 20 heavy (non-hydrogen) atoms. The van der Waals surface area contributed by atoms with Crippen LogP contribution in [0.5, 0.6) is 5.75 Å². The molecular weight excluding hydrogens is 331 g/mol. The Morgan fingerprint density at radius 3 is 2.85 bits per heavy atom. The third kappa shape index (κ3) is 5.05. The van der Waals surface area contributed by atoms with Crippen molar-refractivity contribution in [2.75, 3.05) is 19.7 Å². The molecule has 0 saturated heterocycles. The maximum Gasteiger partial charge on any atom is 0.315 e. The highest BCUT2D eigenvalue weighted by atomic mass is 79.9. The molecule has 0 aliphatic rings. The summed E-state index contributed by atoms with van der Waals surface area (Å²) in [6, 6.07) is 2.02. The highest BCUT2D eigenvalue weighted by Crippen LogP contribution is 2.36. The minimum absolute atomic E-state index is 0.0683. The van der Waals surface area contributed by atoms with Gasteiger partial charge in [-0.2, -0.15) is 0 Å². The molecule has 0 aliphatic heterocycles. The van der Waals surface area contributed by atoms with Crippen LogP contribution in [0.1, 0.15) is 20.3 Å². The fraction of sp³-hybridized carbons (Fsp3) is 0.538. The fourth-order valence-electron chi connectivity index (χ4n) is 1.64. The quantitative estimate of drug-likeness (QED) is 0.443. The van der Waals surface area contributed by atoms with Crippen molar-refractivity contribution < 1.29 is 14.1 Å². The highest BCUT2D eigenvalue weighted by Gasteiger charge is 2.21. The van der Waals surface area contributed by atoms with Crippen LogP contribution in [0.25, 0.3) is 0 Å². The fourth-order valence-corrected chi connectivity index (χ4v) is 2.17. The molecule has 0 heterocycles. The minimum Gasteiger partial charge on any atom is -0.486 e. The van der Waals surface area contributed by atoms with Gasteiger partial charge in [-0.15, -0.1) is 0 Å². The van der Waals surface area contributed by atoms with Crippen molar-refractivity contribution in [2.45, 2.75) is 20.3 Å². The average molecular weight is 349 g/mol. The Labute approximate surface area is 125 Å². The second kappa shape index (κ2) is 8.16. The van der Waals surface area contributed by atoms with Crippen LogP contribution < -0.4 is 10.1 Å². The monoisotopic (exact) mass is 348 g/mol. The van der Waals surface area contributed by atoms with Gasteiger partial charge in [0.25, 0.3) is 0 Å². The summed E-state index contributed by atoms with van der Waals surface area (Å²) in [6.45, 7) is 6.06. The number of rotatable bonds is 8. The van der Waals surface area contributed by atoms with Gasteiger partial charge in [-0.05, 0) is 35.0 Å². The number of hydrogen-bond donors (Lipinski definition) is 1. The number of nitrogens with zero attached hydrogens (tertiary/aromatic N) is 1. The Morgan fingerprint density at radius 2 is 2.25 bits per heavy atom. The van der Waals surface area contributed by atoms with Crippen LogP contribution >= 0.6 is 15.9 Å². The summed E-state index contributed by atoms with van der Waals surface area (Å²) in [5.74, 6) is -0.412. The van der Waals surface area contributed by atoms with Crippen molar-refractivity contribution in [1.29, 1.82) is 0 Å².